The molecule has 9 heteroatoms. The van der Waals surface area contributed by atoms with E-state index in [-0.39, 0.29) is 11.5 Å². The minimum absolute atomic E-state index is 0.0676. The van der Waals surface area contributed by atoms with Crippen molar-refractivity contribution in [1.82, 2.24) is 40.8 Å². The molecule has 5 N–H and O–H groups in total. The van der Waals surface area contributed by atoms with Crippen LogP contribution in [0.15, 0.2) is 36.8 Å². The van der Waals surface area contributed by atoms with Crippen LogP contribution in [0.3, 0.4) is 0 Å². The summed E-state index contributed by atoms with van der Waals surface area (Å²) in [5.41, 5.74) is 12.7. The molecule has 0 amide bonds. The van der Waals surface area contributed by atoms with Crippen molar-refractivity contribution in [1.29, 1.82) is 0 Å². The van der Waals surface area contributed by atoms with Crippen molar-refractivity contribution in [2.45, 2.75) is 19.4 Å². The molecule has 3 aromatic rings. The number of rotatable bonds is 2. The van der Waals surface area contributed by atoms with E-state index in [0.29, 0.717) is 0 Å². The number of nitrogens with zero attached hydrogens (tertiary/aromatic N) is 5. The first-order chi connectivity index (χ1) is 13.5. The van der Waals surface area contributed by atoms with Crippen LogP contribution in [0.2, 0.25) is 0 Å². The minimum Gasteiger partial charge on any atom is -0.368 e. The Morgan fingerprint density at radius 3 is 2.93 bits per heavy atom. The van der Waals surface area contributed by atoms with Gasteiger partial charge >= 0.3 is 0 Å². The molecule has 0 radical (unpaired) electrons. The molecular weight excluding hydrogens is 354 g/mol. The van der Waals surface area contributed by atoms with Gasteiger partial charge in [-0.25, -0.2) is 10.1 Å². The van der Waals surface area contributed by atoms with Crippen molar-refractivity contribution >= 4 is 33.6 Å². The molecular formula is C19H23N9. The molecule has 0 aromatic carbocycles. The van der Waals surface area contributed by atoms with Gasteiger partial charge in [0.15, 0.2) is 0 Å². The highest BCUT2D eigenvalue weighted by molar-refractivity contribution is 6.06. The van der Waals surface area contributed by atoms with Gasteiger partial charge in [-0.2, -0.15) is 9.99 Å². The summed E-state index contributed by atoms with van der Waals surface area (Å²) in [6, 6.07) is 2.05. The van der Waals surface area contributed by atoms with Crippen LogP contribution >= 0.6 is 0 Å². The number of nitrogen functional groups attached to an aromatic ring is 1. The van der Waals surface area contributed by atoms with E-state index in [2.05, 4.69) is 49.5 Å². The summed E-state index contributed by atoms with van der Waals surface area (Å²) >= 11 is 0. The third-order valence-electron chi connectivity index (χ3n) is 5.11. The van der Waals surface area contributed by atoms with Crippen LogP contribution < -0.4 is 16.5 Å². The maximum Gasteiger partial charge on any atom is 0.221 e. The van der Waals surface area contributed by atoms with Gasteiger partial charge in [0.25, 0.3) is 0 Å². The van der Waals surface area contributed by atoms with Crippen molar-refractivity contribution in [3.63, 3.8) is 0 Å². The number of aromatic nitrogens is 4. The maximum atomic E-state index is 5.70. The van der Waals surface area contributed by atoms with Crippen molar-refractivity contribution < 1.29 is 0 Å². The van der Waals surface area contributed by atoms with Crippen LogP contribution in [0, 0.1) is 0 Å². The number of piperazine rings is 1. The number of hydrogen-bond acceptors (Lipinski definition) is 8. The van der Waals surface area contributed by atoms with Crippen molar-refractivity contribution in [2.75, 3.05) is 25.4 Å². The fourth-order valence-electron chi connectivity index (χ4n) is 3.77. The Balaban J connectivity index is 1.45. The average molecular weight is 377 g/mol. The topological polar surface area (TPSA) is 111 Å². The van der Waals surface area contributed by atoms with Gasteiger partial charge in [-0.05, 0) is 32.1 Å². The Labute approximate surface area is 162 Å². The molecule has 5 heterocycles. The lowest BCUT2D eigenvalue weighted by Crippen LogP contribution is -2.62. The first-order valence-corrected chi connectivity index (χ1v) is 9.33. The molecule has 2 aliphatic rings. The summed E-state index contributed by atoms with van der Waals surface area (Å²) in [5, 5.41) is 9.83. The van der Waals surface area contributed by atoms with E-state index in [9.17, 15) is 0 Å². The molecule has 1 saturated heterocycles. The molecule has 1 fully saturated rings. The fourth-order valence-corrected chi connectivity index (χ4v) is 3.77. The maximum absolute atomic E-state index is 5.70. The number of hydrazine groups is 2. The minimum atomic E-state index is 0.0676. The number of anilines is 1. The van der Waals surface area contributed by atoms with E-state index in [1.165, 1.54) is 0 Å². The largest absolute Gasteiger partial charge is 0.368 e. The molecule has 144 valence electrons. The quantitative estimate of drug-likeness (QED) is 0.530. The molecule has 0 atom stereocenters. The van der Waals surface area contributed by atoms with Crippen LogP contribution in [-0.2, 0) is 0 Å². The molecule has 28 heavy (non-hydrogen) atoms. The lowest BCUT2D eigenvalue weighted by Gasteiger charge is -2.44. The standard InChI is InChI=1S/C19H23N9/c1-19(2)11-27(7-5-23-19)28-6-3-4-14(26-28)15-8-12-13-9-22-18(20)25-17(13)24-16(12)10-21-15/h3-4,6,8-10,23,26H,5,7,11H2,1-2H3,(H3,20,22,24,25). The van der Waals surface area contributed by atoms with Crippen LogP contribution in [0.5, 0.6) is 0 Å². The molecule has 0 aliphatic carbocycles. The lowest BCUT2D eigenvalue weighted by atomic mass is 10.0. The Hall–Kier alpha value is -3.17. The van der Waals surface area contributed by atoms with Gasteiger partial charge in [0.1, 0.15) is 5.65 Å². The molecule has 0 spiro atoms. The second-order valence-electron chi connectivity index (χ2n) is 7.81. The van der Waals surface area contributed by atoms with E-state index >= 15 is 0 Å². The van der Waals surface area contributed by atoms with E-state index < -0.39 is 0 Å². The summed E-state index contributed by atoms with van der Waals surface area (Å²) < 4.78 is 0. The highest BCUT2D eigenvalue weighted by Crippen LogP contribution is 2.26. The fraction of sp³-hybridized carbons (Fsp3) is 0.316. The summed E-state index contributed by atoms with van der Waals surface area (Å²) in [6.45, 7) is 7.21. The number of hydrogen-bond donors (Lipinski definition) is 4. The third kappa shape index (κ3) is 2.94. The van der Waals surface area contributed by atoms with Gasteiger partial charge in [0, 0.05) is 48.3 Å². The number of H-pyrrole nitrogens is 1. The predicted molar refractivity (Wildman–Crippen MR) is 109 cm³/mol. The molecule has 2 aliphatic heterocycles. The van der Waals surface area contributed by atoms with Crippen LogP contribution in [-0.4, -0.2) is 55.2 Å². The van der Waals surface area contributed by atoms with E-state index in [0.717, 1.165) is 53.0 Å². The third-order valence-corrected chi connectivity index (χ3v) is 5.11. The predicted octanol–water partition coefficient (Wildman–Crippen LogP) is 1.36. The Morgan fingerprint density at radius 1 is 1.18 bits per heavy atom. The van der Waals surface area contributed by atoms with Gasteiger partial charge < -0.3 is 16.0 Å². The molecule has 5 rings (SSSR count). The number of pyridine rings is 1. The lowest BCUT2D eigenvalue weighted by molar-refractivity contribution is -0.0443. The number of allylic oxidation sites excluding steroid dienone is 2. The van der Waals surface area contributed by atoms with Gasteiger partial charge in [-0.3, -0.25) is 10.4 Å². The van der Waals surface area contributed by atoms with E-state index in [1.54, 1.807) is 6.20 Å². The van der Waals surface area contributed by atoms with Crippen molar-refractivity contribution in [2.24, 2.45) is 0 Å². The summed E-state index contributed by atoms with van der Waals surface area (Å²) in [6.07, 6.45) is 9.67. The van der Waals surface area contributed by atoms with Gasteiger partial charge in [0.05, 0.1) is 23.1 Å². The van der Waals surface area contributed by atoms with E-state index in [4.69, 9.17) is 5.73 Å². The number of aromatic amines is 1. The summed E-state index contributed by atoms with van der Waals surface area (Å²) in [4.78, 5) is 16.3. The first kappa shape index (κ1) is 17.0. The normalized spacial score (nSPS) is 19.8. The Kier molecular flexibility index (Phi) is 3.74. The zero-order chi connectivity index (χ0) is 19.3. The highest BCUT2D eigenvalue weighted by Gasteiger charge is 2.29. The van der Waals surface area contributed by atoms with E-state index in [1.807, 2.05) is 35.7 Å². The molecule has 9 nitrogen and oxygen atoms in total. The van der Waals surface area contributed by atoms with Gasteiger partial charge in [-0.15, -0.1) is 0 Å². The van der Waals surface area contributed by atoms with Gasteiger partial charge in [-0.1, -0.05) is 0 Å². The number of nitrogens with one attached hydrogen (secondary N) is 3. The first-order valence-electron chi connectivity index (χ1n) is 9.33. The molecule has 0 unspecified atom stereocenters. The zero-order valence-electron chi connectivity index (χ0n) is 15.9. The van der Waals surface area contributed by atoms with Crippen LogP contribution in [0.25, 0.3) is 27.6 Å². The van der Waals surface area contributed by atoms with Crippen LogP contribution in [0.1, 0.15) is 19.5 Å². The second-order valence-corrected chi connectivity index (χ2v) is 7.81. The average Bonchev–Trinajstić information content (AvgIpc) is 3.04. The monoisotopic (exact) mass is 377 g/mol. The smallest absolute Gasteiger partial charge is 0.221 e. The summed E-state index contributed by atoms with van der Waals surface area (Å²) in [5.74, 6) is 0.253. The Bertz CT molecular complexity index is 1110. The van der Waals surface area contributed by atoms with Gasteiger partial charge in [0.2, 0.25) is 5.95 Å². The number of fused-ring (bicyclic) bond motifs is 3. The van der Waals surface area contributed by atoms with Crippen LogP contribution in [0.4, 0.5) is 5.95 Å². The SMILES string of the molecule is CC1(C)CN(N2C=CC=C(c3cc4c(cn3)[nH]c3nc(N)ncc34)N2)CCN1. The zero-order valence-corrected chi connectivity index (χ0v) is 15.9. The Morgan fingerprint density at radius 2 is 2.07 bits per heavy atom. The molecule has 0 bridgehead atoms. The second kappa shape index (κ2) is 6.18. The highest BCUT2D eigenvalue weighted by atomic mass is 15.8. The van der Waals surface area contributed by atoms with Crippen molar-refractivity contribution in [3.8, 4) is 0 Å². The number of nitrogens with two attached hydrogens (primary N) is 1. The summed E-state index contributed by atoms with van der Waals surface area (Å²) in [7, 11) is 0. The molecule has 3 aromatic heterocycles. The van der Waals surface area contributed by atoms with Crippen molar-refractivity contribution in [3.05, 3.63) is 42.5 Å². The molecule has 0 saturated carbocycles.